The molecule has 2 aliphatic carbocycles. The molecule has 2 aliphatic rings. The number of nitrogens with zero attached hydrogens (tertiary/aromatic N) is 1. The maximum atomic E-state index is 12.2. The lowest BCUT2D eigenvalue weighted by Crippen LogP contribution is -2.28. The minimum atomic E-state index is -0.349. The number of H-pyrrole nitrogens is 1. The van der Waals surface area contributed by atoms with Crippen LogP contribution in [-0.2, 0) is 12.8 Å². The van der Waals surface area contributed by atoms with Gasteiger partial charge in [0, 0.05) is 11.3 Å². The Morgan fingerprint density at radius 3 is 2.69 bits per heavy atom. The highest BCUT2D eigenvalue weighted by Gasteiger charge is 2.30. The Kier molecular flexibility index (Phi) is 2.39. The van der Waals surface area contributed by atoms with Crippen molar-refractivity contribution in [3.63, 3.8) is 0 Å². The lowest BCUT2D eigenvalue weighted by molar-refractivity contribution is 0.128. The largest absolute Gasteiger partial charge is 0.391 e. The summed E-state index contributed by atoms with van der Waals surface area (Å²) >= 11 is 0. The van der Waals surface area contributed by atoms with E-state index in [1.165, 1.54) is 6.42 Å². The molecule has 4 heteroatoms. The van der Waals surface area contributed by atoms with Crippen LogP contribution in [0.5, 0.6) is 0 Å². The van der Waals surface area contributed by atoms with Crippen LogP contribution in [0.15, 0.2) is 4.79 Å². The highest BCUT2D eigenvalue weighted by atomic mass is 16.3. The van der Waals surface area contributed by atoms with Gasteiger partial charge in [-0.15, -0.1) is 0 Å². The highest BCUT2D eigenvalue weighted by Crippen LogP contribution is 2.29. The summed E-state index contributed by atoms with van der Waals surface area (Å²) in [5.41, 5.74) is 2.18. The van der Waals surface area contributed by atoms with Gasteiger partial charge in [0.25, 0.3) is 5.56 Å². The molecular weight excluding hydrogens is 204 g/mol. The molecule has 3 rings (SSSR count). The van der Waals surface area contributed by atoms with E-state index in [-0.39, 0.29) is 17.7 Å². The zero-order valence-electron chi connectivity index (χ0n) is 9.41. The summed E-state index contributed by atoms with van der Waals surface area (Å²) in [6.07, 6.45) is 6.58. The fraction of sp³-hybridized carbons (Fsp3) is 0.750. The van der Waals surface area contributed by atoms with Crippen LogP contribution < -0.4 is 5.56 Å². The van der Waals surface area contributed by atoms with E-state index in [2.05, 4.69) is 5.10 Å². The maximum absolute atomic E-state index is 12.2. The van der Waals surface area contributed by atoms with Crippen molar-refractivity contribution in [2.75, 3.05) is 0 Å². The number of aromatic nitrogens is 2. The lowest BCUT2D eigenvalue weighted by Gasteiger charge is -2.14. The molecule has 4 nitrogen and oxygen atoms in total. The molecule has 1 heterocycles. The van der Waals surface area contributed by atoms with Crippen molar-refractivity contribution in [1.82, 2.24) is 9.78 Å². The van der Waals surface area contributed by atoms with Gasteiger partial charge in [-0.25, -0.2) is 4.68 Å². The third kappa shape index (κ3) is 1.44. The zero-order chi connectivity index (χ0) is 11.1. The van der Waals surface area contributed by atoms with Crippen molar-refractivity contribution in [3.05, 3.63) is 21.6 Å². The fourth-order valence-electron chi connectivity index (χ4n) is 3.06. The third-order valence-electron chi connectivity index (χ3n) is 3.98. The summed E-state index contributed by atoms with van der Waals surface area (Å²) in [6, 6.07) is -0.0156. The van der Waals surface area contributed by atoms with Crippen molar-refractivity contribution < 1.29 is 5.11 Å². The number of aryl methyl sites for hydroxylation is 1. The number of aliphatic hydroxyl groups excluding tert-OH is 1. The van der Waals surface area contributed by atoms with Crippen molar-refractivity contribution in [3.8, 4) is 0 Å². The fourth-order valence-corrected chi connectivity index (χ4v) is 3.06. The molecule has 0 radical (unpaired) electrons. The molecule has 1 aromatic rings. The average molecular weight is 222 g/mol. The lowest BCUT2D eigenvalue weighted by atomic mass is 9.98. The summed E-state index contributed by atoms with van der Waals surface area (Å²) in [7, 11) is 0. The highest BCUT2D eigenvalue weighted by molar-refractivity contribution is 5.20. The van der Waals surface area contributed by atoms with Crippen LogP contribution >= 0.6 is 0 Å². The van der Waals surface area contributed by atoms with Gasteiger partial charge in [0.1, 0.15) is 0 Å². The number of rotatable bonds is 1. The van der Waals surface area contributed by atoms with Crippen LogP contribution in [0.1, 0.15) is 49.4 Å². The normalized spacial score (nSPS) is 29.3. The molecule has 0 aromatic carbocycles. The monoisotopic (exact) mass is 222 g/mol. The standard InChI is InChI=1S/C12H18N2O2/c15-11-7-3-6-10(11)14-12(16)8-4-1-2-5-9(8)13-14/h10-11,13,15H,1-7H2. The number of hydrogen-bond acceptors (Lipinski definition) is 2. The predicted molar refractivity (Wildman–Crippen MR) is 60.6 cm³/mol. The van der Waals surface area contributed by atoms with Crippen molar-refractivity contribution in [2.45, 2.75) is 57.1 Å². The molecule has 2 N–H and O–H groups in total. The molecule has 16 heavy (non-hydrogen) atoms. The van der Waals surface area contributed by atoms with E-state index in [4.69, 9.17) is 0 Å². The van der Waals surface area contributed by atoms with E-state index in [1.54, 1.807) is 4.68 Å². The number of nitrogens with one attached hydrogen (secondary N) is 1. The van der Waals surface area contributed by atoms with Gasteiger partial charge in [0.05, 0.1) is 12.1 Å². The third-order valence-corrected chi connectivity index (χ3v) is 3.98. The van der Waals surface area contributed by atoms with E-state index in [0.29, 0.717) is 0 Å². The Hall–Kier alpha value is -1.03. The van der Waals surface area contributed by atoms with Crippen LogP contribution in [0.4, 0.5) is 0 Å². The smallest absolute Gasteiger partial charge is 0.270 e. The van der Waals surface area contributed by atoms with Crippen LogP contribution in [0.2, 0.25) is 0 Å². The first-order valence-corrected chi connectivity index (χ1v) is 6.27. The van der Waals surface area contributed by atoms with Crippen LogP contribution in [0.25, 0.3) is 0 Å². The Labute approximate surface area is 94.3 Å². The molecule has 1 saturated carbocycles. The van der Waals surface area contributed by atoms with Gasteiger partial charge in [-0.2, -0.15) is 0 Å². The van der Waals surface area contributed by atoms with Crippen molar-refractivity contribution in [2.24, 2.45) is 0 Å². The Morgan fingerprint density at radius 2 is 2.00 bits per heavy atom. The number of hydrogen-bond donors (Lipinski definition) is 2. The second-order valence-electron chi connectivity index (χ2n) is 5.02. The van der Waals surface area contributed by atoms with Gasteiger partial charge < -0.3 is 5.11 Å². The van der Waals surface area contributed by atoms with E-state index in [1.807, 2.05) is 0 Å². The molecule has 0 saturated heterocycles. The van der Waals surface area contributed by atoms with Crippen LogP contribution in [-0.4, -0.2) is 21.0 Å². The minimum Gasteiger partial charge on any atom is -0.391 e. The molecule has 1 aromatic heterocycles. The SMILES string of the molecule is O=c1c2c([nH]n1C1CCCC1O)CCCC2. The van der Waals surface area contributed by atoms with Crippen LogP contribution in [0, 0.1) is 0 Å². The van der Waals surface area contributed by atoms with E-state index >= 15 is 0 Å². The molecule has 88 valence electrons. The molecular formula is C12H18N2O2. The first-order chi connectivity index (χ1) is 7.77. The quantitative estimate of drug-likeness (QED) is 0.748. The van der Waals surface area contributed by atoms with Crippen LogP contribution in [0.3, 0.4) is 0 Å². The summed E-state index contributed by atoms with van der Waals surface area (Å²) in [4.78, 5) is 12.2. The van der Waals surface area contributed by atoms with Gasteiger partial charge >= 0.3 is 0 Å². The second-order valence-corrected chi connectivity index (χ2v) is 5.02. The summed E-state index contributed by atoms with van der Waals surface area (Å²) < 4.78 is 1.69. The van der Waals surface area contributed by atoms with Gasteiger partial charge in [-0.3, -0.25) is 9.89 Å². The average Bonchev–Trinajstić information content (AvgIpc) is 2.84. The molecule has 0 amide bonds. The minimum absolute atomic E-state index is 0.0156. The predicted octanol–water partition coefficient (Wildman–Crippen LogP) is 1.14. The van der Waals surface area contributed by atoms with E-state index < -0.39 is 0 Å². The zero-order valence-corrected chi connectivity index (χ0v) is 9.41. The number of aromatic amines is 1. The van der Waals surface area contributed by atoms with Gasteiger partial charge in [-0.05, 0) is 44.9 Å². The maximum Gasteiger partial charge on any atom is 0.270 e. The van der Waals surface area contributed by atoms with Crippen molar-refractivity contribution >= 4 is 0 Å². The number of fused-ring (bicyclic) bond motifs is 1. The Morgan fingerprint density at radius 1 is 1.19 bits per heavy atom. The molecule has 0 bridgehead atoms. The molecule has 0 aliphatic heterocycles. The molecule has 0 spiro atoms. The Balaban J connectivity index is 2.01. The second kappa shape index (κ2) is 3.77. The first kappa shape index (κ1) is 10.1. The van der Waals surface area contributed by atoms with E-state index in [0.717, 1.165) is 49.8 Å². The summed E-state index contributed by atoms with van der Waals surface area (Å²) in [6.45, 7) is 0. The number of aliphatic hydroxyl groups is 1. The molecule has 2 unspecified atom stereocenters. The van der Waals surface area contributed by atoms with E-state index in [9.17, 15) is 9.90 Å². The van der Waals surface area contributed by atoms with Crippen molar-refractivity contribution in [1.29, 1.82) is 0 Å². The summed E-state index contributed by atoms with van der Waals surface area (Å²) in [5.74, 6) is 0. The summed E-state index contributed by atoms with van der Waals surface area (Å²) in [5, 5.41) is 13.1. The van der Waals surface area contributed by atoms with Gasteiger partial charge in [-0.1, -0.05) is 0 Å². The molecule has 1 fully saturated rings. The molecule has 2 atom stereocenters. The Bertz CT molecular complexity index is 446. The topological polar surface area (TPSA) is 58.0 Å². The first-order valence-electron chi connectivity index (χ1n) is 6.27. The van der Waals surface area contributed by atoms with Gasteiger partial charge in [0.2, 0.25) is 0 Å². The van der Waals surface area contributed by atoms with Gasteiger partial charge in [0.15, 0.2) is 0 Å².